The molecule has 0 fully saturated rings. The molecule has 0 aliphatic rings. The van der Waals surface area contributed by atoms with Gasteiger partial charge in [0.15, 0.2) is 0 Å². The molecule has 0 heterocycles. The van der Waals surface area contributed by atoms with Gasteiger partial charge in [-0.05, 0) is 55.1 Å². The van der Waals surface area contributed by atoms with Crippen molar-refractivity contribution in [3.8, 4) is 0 Å². The number of nitrogens with zero attached hydrogens (tertiary/aromatic N) is 1. The number of anilines is 1. The Labute approximate surface area is 238 Å². The number of benzene rings is 3. The molecule has 0 aromatic heterocycles. The van der Waals surface area contributed by atoms with Gasteiger partial charge >= 0.3 is 6.18 Å². The first-order valence-corrected chi connectivity index (χ1v) is 13.0. The van der Waals surface area contributed by atoms with E-state index in [1.807, 2.05) is 51.1 Å². The zero-order valence-electron chi connectivity index (χ0n) is 23.7. The molecule has 0 spiro atoms. The largest absolute Gasteiger partial charge is 0.416 e. The minimum Gasteiger partial charge on any atom is -0.372 e. The Balaban J connectivity index is 0.00000201. The molecule has 3 aromatic rings. The third kappa shape index (κ3) is 10.2. The van der Waals surface area contributed by atoms with E-state index in [2.05, 4.69) is 22.3 Å². The fourth-order valence-corrected chi connectivity index (χ4v) is 4.06. The minimum atomic E-state index is -4.54. The van der Waals surface area contributed by atoms with E-state index in [0.717, 1.165) is 17.7 Å². The van der Waals surface area contributed by atoms with Crippen LogP contribution in [0.1, 0.15) is 49.5 Å². The Hall–Kier alpha value is -3.85. The smallest absolute Gasteiger partial charge is 0.372 e. The lowest BCUT2D eigenvalue weighted by atomic mass is 9.80. The molecule has 3 nitrogen and oxygen atoms in total. The van der Waals surface area contributed by atoms with Crippen LogP contribution in [0.5, 0.6) is 0 Å². The van der Waals surface area contributed by atoms with Crippen molar-refractivity contribution in [3.63, 3.8) is 0 Å². The molecule has 0 bridgehead atoms. The van der Waals surface area contributed by atoms with Gasteiger partial charge in [0.1, 0.15) is 0 Å². The van der Waals surface area contributed by atoms with Gasteiger partial charge in [-0.1, -0.05) is 80.6 Å². The molecule has 3 aromatic carbocycles. The second kappa shape index (κ2) is 17.8. The fourth-order valence-electron chi connectivity index (χ4n) is 4.06. The van der Waals surface area contributed by atoms with Crippen LogP contribution in [0.25, 0.3) is 0 Å². The first-order valence-electron chi connectivity index (χ1n) is 13.0. The molecule has 3 rings (SSSR count). The summed E-state index contributed by atoms with van der Waals surface area (Å²) in [6, 6.07) is 20.2. The normalized spacial score (nSPS) is 13.0. The summed E-state index contributed by atoms with van der Waals surface area (Å²) in [7, 11) is 0.500. The molecule has 222 valence electrons. The standard InChI is InChI=1S/C29H28F5N3.C2H6.CH3F/c1-3-4-16-26(35-2)28(19-21-10-6-5-7-11-21,23-13-9-14-24(18-23)29(32,33)34)37-20-36-25-15-8-12-22(17-25)27(30)31;2*1-2/h3-18,27,36-37H,2,19-20H2,1H3;1-2H3;1H3/b4-3-,26-16-;;. The van der Waals surface area contributed by atoms with Crippen LogP contribution in [0, 0.1) is 0 Å². The number of hydrogen-bond acceptors (Lipinski definition) is 3. The highest BCUT2D eigenvalue weighted by molar-refractivity contribution is 5.48. The van der Waals surface area contributed by atoms with Gasteiger partial charge in [0.05, 0.1) is 30.6 Å². The van der Waals surface area contributed by atoms with Gasteiger partial charge in [-0.25, -0.2) is 8.78 Å². The first-order chi connectivity index (χ1) is 19.7. The molecule has 0 saturated carbocycles. The van der Waals surface area contributed by atoms with Crippen molar-refractivity contribution in [3.05, 3.63) is 125 Å². The lowest BCUT2D eigenvalue weighted by molar-refractivity contribution is -0.137. The quantitative estimate of drug-likeness (QED) is 0.103. The maximum Gasteiger partial charge on any atom is 0.416 e. The van der Waals surface area contributed by atoms with E-state index in [1.165, 1.54) is 24.3 Å². The molecule has 2 N–H and O–H groups in total. The Kier molecular flexibility index (Phi) is 15.2. The van der Waals surface area contributed by atoms with Crippen molar-refractivity contribution in [2.24, 2.45) is 4.99 Å². The topological polar surface area (TPSA) is 36.4 Å². The molecule has 1 unspecified atom stereocenters. The summed E-state index contributed by atoms with van der Waals surface area (Å²) in [5.74, 6) is 0. The summed E-state index contributed by atoms with van der Waals surface area (Å²) in [6.07, 6.45) is -1.72. The number of nitrogens with one attached hydrogen (secondary N) is 2. The molecule has 41 heavy (non-hydrogen) atoms. The summed E-state index contributed by atoms with van der Waals surface area (Å²) in [4.78, 5) is 4.21. The highest BCUT2D eigenvalue weighted by Crippen LogP contribution is 2.38. The molecule has 0 aliphatic heterocycles. The highest BCUT2D eigenvalue weighted by Gasteiger charge is 2.38. The van der Waals surface area contributed by atoms with Gasteiger partial charge in [-0.2, -0.15) is 13.2 Å². The third-order valence-corrected chi connectivity index (χ3v) is 5.87. The van der Waals surface area contributed by atoms with Crippen molar-refractivity contribution in [1.82, 2.24) is 5.32 Å². The van der Waals surface area contributed by atoms with Crippen molar-refractivity contribution in [2.45, 2.75) is 45.3 Å². The zero-order valence-corrected chi connectivity index (χ0v) is 23.7. The fraction of sp³-hybridized carbons (Fsp3) is 0.281. The van der Waals surface area contributed by atoms with Crippen molar-refractivity contribution < 1.29 is 26.3 Å². The lowest BCUT2D eigenvalue weighted by Gasteiger charge is -2.37. The number of alkyl halides is 6. The maximum atomic E-state index is 13.7. The van der Waals surface area contributed by atoms with Gasteiger partial charge in [0, 0.05) is 17.7 Å². The second-order valence-corrected chi connectivity index (χ2v) is 8.34. The highest BCUT2D eigenvalue weighted by atomic mass is 19.4. The van der Waals surface area contributed by atoms with Gasteiger partial charge in [0.2, 0.25) is 0 Å². The molecule has 9 heteroatoms. The van der Waals surface area contributed by atoms with E-state index >= 15 is 0 Å². The van der Waals surface area contributed by atoms with E-state index in [1.54, 1.807) is 30.4 Å². The Morgan fingerprint density at radius 1 is 0.902 bits per heavy atom. The van der Waals surface area contributed by atoms with Crippen LogP contribution in [0.15, 0.2) is 108 Å². The molecule has 0 saturated heterocycles. The van der Waals surface area contributed by atoms with Gasteiger partial charge < -0.3 is 5.32 Å². The number of allylic oxidation sites excluding steroid dienone is 3. The number of aliphatic imine (C=N–C) groups is 1. The van der Waals surface area contributed by atoms with Crippen molar-refractivity contribution in [2.75, 3.05) is 19.2 Å². The van der Waals surface area contributed by atoms with Crippen LogP contribution >= 0.6 is 0 Å². The van der Waals surface area contributed by atoms with Crippen molar-refractivity contribution >= 4 is 12.4 Å². The van der Waals surface area contributed by atoms with E-state index in [-0.39, 0.29) is 18.7 Å². The Morgan fingerprint density at radius 3 is 2.12 bits per heavy atom. The van der Waals surface area contributed by atoms with Gasteiger partial charge in [0.25, 0.3) is 6.43 Å². The molecule has 0 radical (unpaired) electrons. The summed E-state index contributed by atoms with van der Waals surface area (Å²) >= 11 is 0. The predicted molar refractivity (Wildman–Crippen MR) is 157 cm³/mol. The van der Waals surface area contributed by atoms with Crippen LogP contribution in [-0.4, -0.2) is 20.6 Å². The first kappa shape index (κ1) is 35.2. The van der Waals surface area contributed by atoms with Crippen LogP contribution in [0.4, 0.5) is 32.0 Å². The summed E-state index contributed by atoms with van der Waals surface area (Å²) in [5, 5.41) is 6.39. The van der Waals surface area contributed by atoms with Crippen molar-refractivity contribution in [1.29, 1.82) is 0 Å². The number of halogens is 6. The summed E-state index contributed by atoms with van der Waals surface area (Å²) in [6.45, 7) is 9.55. The molecular formula is C32H37F6N3. The maximum absolute atomic E-state index is 13.7. The monoisotopic (exact) mass is 577 g/mol. The molecule has 0 aliphatic carbocycles. The summed E-state index contributed by atoms with van der Waals surface area (Å²) in [5.41, 5.74) is -0.155. The Morgan fingerprint density at radius 2 is 1.54 bits per heavy atom. The average molecular weight is 578 g/mol. The average Bonchev–Trinajstić information content (AvgIpc) is 2.99. The lowest BCUT2D eigenvalue weighted by Crippen LogP contribution is -2.48. The number of rotatable bonds is 11. The summed E-state index contributed by atoms with van der Waals surface area (Å²) < 4.78 is 76.9. The second-order valence-electron chi connectivity index (χ2n) is 8.34. The van der Waals surface area contributed by atoms with Crippen LogP contribution in [0.3, 0.4) is 0 Å². The van der Waals surface area contributed by atoms with Crippen LogP contribution < -0.4 is 10.6 Å². The van der Waals surface area contributed by atoms with Crippen LogP contribution in [0.2, 0.25) is 0 Å². The molecule has 0 amide bonds. The van der Waals surface area contributed by atoms with E-state index < -0.39 is 23.7 Å². The van der Waals surface area contributed by atoms with Crippen LogP contribution in [-0.2, 0) is 18.1 Å². The predicted octanol–water partition coefficient (Wildman–Crippen LogP) is 9.51. The molecule has 1 atom stereocenters. The molecular weight excluding hydrogens is 540 g/mol. The van der Waals surface area contributed by atoms with E-state index in [0.29, 0.717) is 24.1 Å². The Bertz CT molecular complexity index is 1240. The SMILES string of the molecule is C=N/C(=C\C=C/C)C(Cc1ccccc1)(NCNc1cccc(C(F)F)c1)c1cccc(C(F)(F)F)c1.CC.CF. The number of hydrogen-bond donors (Lipinski definition) is 2. The van der Waals surface area contributed by atoms with Gasteiger partial charge in [-0.15, -0.1) is 0 Å². The van der Waals surface area contributed by atoms with E-state index in [4.69, 9.17) is 0 Å². The minimum absolute atomic E-state index is 0.0401. The zero-order chi connectivity index (χ0) is 30.9. The van der Waals surface area contributed by atoms with E-state index in [9.17, 15) is 26.3 Å². The third-order valence-electron chi connectivity index (χ3n) is 5.87. The van der Waals surface area contributed by atoms with Gasteiger partial charge in [-0.3, -0.25) is 14.7 Å².